The van der Waals surface area contributed by atoms with E-state index in [-0.39, 0.29) is 6.10 Å². The van der Waals surface area contributed by atoms with Crippen LogP contribution >= 0.6 is 0 Å². The van der Waals surface area contributed by atoms with E-state index in [4.69, 9.17) is 0 Å². The van der Waals surface area contributed by atoms with E-state index in [9.17, 15) is 5.11 Å². The van der Waals surface area contributed by atoms with Gasteiger partial charge in [0.2, 0.25) is 0 Å². The van der Waals surface area contributed by atoms with E-state index in [0.717, 1.165) is 25.8 Å². The highest BCUT2D eigenvalue weighted by Gasteiger charge is 2.28. The molecule has 0 radical (unpaired) electrons. The summed E-state index contributed by atoms with van der Waals surface area (Å²) in [6.07, 6.45) is 4.25. The van der Waals surface area contributed by atoms with Crippen molar-refractivity contribution in [2.24, 2.45) is 0 Å². The second-order valence-electron chi connectivity index (χ2n) is 4.78. The van der Waals surface area contributed by atoms with Gasteiger partial charge >= 0.3 is 0 Å². The first-order valence-electron chi connectivity index (χ1n) is 6.19. The van der Waals surface area contributed by atoms with Gasteiger partial charge in [-0.3, -0.25) is 0 Å². The monoisotopic (exact) mass is 219 g/mol. The Hall–Kier alpha value is -0.860. The van der Waals surface area contributed by atoms with Gasteiger partial charge in [-0.1, -0.05) is 30.3 Å². The average molecular weight is 219 g/mol. The highest BCUT2D eigenvalue weighted by molar-refractivity contribution is 5.14. The highest BCUT2D eigenvalue weighted by atomic mass is 16.3. The molecule has 0 aromatic heterocycles. The van der Waals surface area contributed by atoms with E-state index >= 15 is 0 Å². The Morgan fingerprint density at radius 2 is 2.00 bits per heavy atom. The van der Waals surface area contributed by atoms with Gasteiger partial charge < -0.3 is 10.0 Å². The Kier molecular flexibility index (Phi) is 3.97. The molecule has 1 N–H and O–H groups in total. The standard InChI is InChI=1S/C14H21NO/c1-15(13-8-5-9-14(13)16)11-10-12-6-3-2-4-7-12/h2-4,6-7,13-14,16H,5,8-11H2,1H3/t13-,14-/m1/s1. The number of hydrogen-bond donors (Lipinski definition) is 1. The Morgan fingerprint density at radius 1 is 1.25 bits per heavy atom. The first-order valence-corrected chi connectivity index (χ1v) is 6.19. The molecule has 0 unspecified atom stereocenters. The number of aliphatic hydroxyl groups is 1. The molecule has 16 heavy (non-hydrogen) atoms. The van der Waals surface area contributed by atoms with Gasteiger partial charge in [0.15, 0.2) is 0 Å². The molecule has 1 aliphatic carbocycles. The van der Waals surface area contributed by atoms with Crippen molar-refractivity contribution >= 4 is 0 Å². The Bertz CT molecular complexity index is 312. The van der Waals surface area contributed by atoms with Crippen molar-refractivity contribution in [3.63, 3.8) is 0 Å². The number of likely N-dealkylation sites (N-methyl/N-ethyl adjacent to an activating group) is 1. The van der Waals surface area contributed by atoms with Crippen LogP contribution in [0, 0.1) is 0 Å². The largest absolute Gasteiger partial charge is 0.391 e. The predicted molar refractivity (Wildman–Crippen MR) is 66.4 cm³/mol. The fourth-order valence-corrected chi connectivity index (χ4v) is 2.55. The summed E-state index contributed by atoms with van der Waals surface area (Å²) >= 11 is 0. The maximum Gasteiger partial charge on any atom is 0.0695 e. The highest BCUT2D eigenvalue weighted by Crippen LogP contribution is 2.23. The molecular weight excluding hydrogens is 198 g/mol. The summed E-state index contributed by atoms with van der Waals surface area (Å²) in [5.41, 5.74) is 1.38. The second kappa shape index (κ2) is 5.46. The van der Waals surface area contributed by atoms with E-state index in [0.29, 0.717) is 6.04 Å². The van der Waals surface area contributed by atoms with Gasteiger partial charge in [0.25, 0.3) is 0 Å². The van der Waals surface area contributed by atoms with Gasteiger partial charge in [0.05, 0.1) is 6.10 Å². The van der Waals surface area contributed by atoms with Gasteiger partial charge in [-0.2, -0.15) is 0 Å². The SMILES string of the molecule is CN(CCc1ccccc1)[C@@H]1CCC[C@H]1O. The number of aliphatic hydroxyl groups excluding tert-OH is 1. The number of rotatable bonds is 4. The summed E-state index contributed by atoms with van der Waals surface area (Å²) in [6, 6.07) is 10.9. The second-order valence-corrected chi connectivity index (χ2v) is 4.78. The predicted octanol–water partition coefficient (Wildman–Crippen LogP) is 2.07. The molecule has 0 saturated heterocycles. The van der Waals surface area contributed by atoms with E-state index in [2.05, 4.69) is 36.2 Å². The van der Waals surface area contributed by atoms with Crippen molar-refractivity contribution in [1.82, 2.24) is 4.90 Å². The maximum absolute atomic E-state index is 9.81. The summed E-state index contributed by atoms with van der Waals surface area (Å²) in [7, 11) is 2.13. The fraction of sp³-hybridized carbons (Fsp3) is 0.571. The molecule has 88 valence electrons. The zero-order valence-electron chi connectivity index (χ0n) is 9.97. The molecule has 2 atom stereocenters. The molecule has 1 aliphatic rings. The van der Waals surface area contributed by atoms with Crippen molar-refractivity contribution < 1.29 is 5.11 Å². The Labute approximate surface area is 97.9 Å². The van der Waals surface area contributed by atoms with Crippen molar-refractivity contribution in [3.05, 3.63) is 35.9 Å². The topological polar surface area (TPSA) is 23.5 Å². The van der Waals surface area contributed by atoms with Crippen molar-refractivity contribution in [2.75, 3.05) is 13.6 Å². The molecule has 0 aliphatic heterocycles. The molecular formula is C14H21NO. The maximum atomic E-state index is 9.81. The van der Waals surface area contributed by atoms with E-state index in [1.54, 1.807) is 0 Å². The average Bonchev–Trinajstić information content (AvgIpc) is 2.74. The van der Waals surface area contributed by atoms with Gasteiger partial charge in [-0.05, 0) is 38.3 Å². The number of benzene rings is 1. The zero-order chi connectivity index (χ0) is 11.4. The number of hydrogen-bond acceptors (Lipinski definition) is 2. The van der Waals surface area contributed by atoms with Crippen LogP contribution in [0.5, 0.6) is 0 Å². The quantitative estimate of drug-likeness (QED) is 0.838. The molecule has 2 heteroatoms. The third kappa shape index (κ3) is 2.83. The van der Waals surface area contributed by atoms with Crippen molar-refractivity contribution in [3.8, 4) is 0 Å². The molecule has 1 fully saturated rings. The van der Waals surface area contributed by atoms with Crippen molar-refractivity contribution in [2.45, 2.75) is 37.8 Å². The minimum atomic E-state index is -0.110. The Morgan fingerprint density at radius 3 is 2.62 bits per heavy atom. The van der Waals surface area contributed by atoms with Crippen LogP contribution in [0.3, 0.4) is 0 Å². The summed E-state index contributed by atoms with van der Waals surface area (Å²) in [6.45, 7) is 1.03. The summed E-state index contributed by atoms with van der Waals surface area (Å²) in [5.74, 6) is 0. The molecule has 0 heterocycles. The van der Waals surface area contributed by atoms with E-state index in [1.165, 1.54) is 12.0 Å². The smallest absolute Gasteiger partial charge is 0.0695 e. The van der Waals surface area contributed by atoms with Crippen LogP contribution in [0.1, 0.15) is 24.8 Å². The summed E-state index contributed by atoms with van der Waals surface area (Å²) < 4.78 is 0. The third-order valence-corrected chi connectivity index (χ3v) is 3.61. The lowest BCUT2D eigenvalue weighted by Crippen LogP contribution is -2.38. The first-order chi connectivity index (χ1) is 7.77. The van der Waals surface area contributed by atoms with Crippen LogP contribution in [0.15, 0.2) is 30.3 Å². The van der Waals surface area contributed by atoms with Crippen LogP contribution in [0.25, 0.3) is 0 Å². The minimum absolute atomic E-state index is 0.110. The molecule has 2 nitrogen and oxygen atoms in total. The molecule has 1 saturated carbocycles. The molecule has 0 spiro atoms. The van der Waals surface area contributed by atoms with Gasteiger partial charge in [-0.25, -0.2) is 0 Å². The van der Waals surface area contributed by atoms with Crippen LogP contribution in [0.2, 0.25) is 0 Å². The summed E-state index contributed by atoms with van der Waals surface area (Å²) in [5, 5.41) is 9.81. The summed E-state index contributed by atoms with van der Waals surface area (Å²) in [4.78, 5) is 2.31. The lowest BCUT2D eigenvalue weighted by molar-refractivity contribution is 0.0870. The minimum Gasteiger partial charge on any atom is -0.391 e. The van der Waals surface area contributed by atoms with Crippen LogP contribution in [-0.2, 0) is 6.42 Å². The zero-order valence-corrected chi connectivity index (χ0v) is 9.97. The normalized spacial score (nSPS) is 25.2. The van der Waals surface area contributed by atoms with Crippen LogP contribution in [0.4, 0.5) is 0 Å². The van der Waals surface area contributed by atoms with E-state index in [1.807, 2.05) is 6.07 Å². The third-order valence-electron chi connectivity index (χ3n) is 3.61. The molecule has 1 aromatic rings. The molecule has 0 bridgehead atoms. The van der Waals surface area contributed by atoms with Gasteiger partial charge in [-0.15, -0.1) is 0 Å². The van der Waals surface area contributed by atoms with E-state index < -0.39 is 0 Å². The first kappa shape index (κ1) is 11.6. The lowest BCUT2D eigenvalue weighted by Gasteiger charge is -2.26. The number of nitrogens with zero attached hydrogens (tertiary/aromatic N) is 1. The lowest BCUT2D eigenvalue weighted by atomic mass is 10.1. The van der Waals surface area contributed by atoms with Crippen molar-refractivity contribution in [1.29, 1.82) is 0 Å². The van der Waals surface area contributed by atoms with Gasteiger partial charge in [0, 0.05) is 12.6 Å². The molecule has 0 amide bonds. The van der Waals surface area contributed by atoms with Gasteiger partial charge in [0.1, 0.15) is 0 Å². The van der Waals surface area contributed by atoms with Crippen LogP contribution in [-0.4, -0.2) is 35.7 Å². The fourth-order valence-electron chi connectivity index (χ4n) is 2.55. The Balaban J connectivity index is 1.81. The van der Waals surface area contributed by atoms with Crippen LogP contribution < -0.4 is 0 Å². The molecule has 1 aromatic carbocycles. The molecule has 2 rings (SSSR count).